The number of nitrogens with zero attached hydrogens (tertiary/aromatic N) is 1. The SMILES string of the molecule is C/C=C1\CN2CCc3c([nH]c4ccccc34)[C@@H]2C[C@H]1C(C(=O)OC)C(OC)OC. The topological polar surface area (TPSA) is 63.8 Å². The van der Waals surface area contributed by atoms with E-state index in [1.165, 1.54) is 34.8 Å². The largest absolute Gasteiger partial charge is 0.469 e. The minimum Gasteiger partial charge on any atom is -0.469 e. The molecular formula is C23H30N2O4. The Kier molecular flexibility index (Phi) is 5.76. The van der Waals surface area contributed by atoms with E-state index in [2.05, 4.69) is 40.2 Å². The highest BCUT2D eigenvalue weighted by Gasteiger charge is 2.45. The van der Waals surface area contributed by atoms with Crippen molar-refractivity contribution in [2.75, 3.05) is 34.4 Å². The van der Waals surface area contributed by atoms with E-state index < -0.39 is 12.2 Å². The number of methoxy groups -OCH3 is 3. The lowest BCUT2D eigenvalue weighted by atomic mass is 9.75. The van der Waals surface area contributed by atoms with Gasteiger partial charge < -0.3 is 19.2 Å². The fourth-order valence-electron chi connectivity index (χ4n) is 5.24. The molecule has 156 valence electrons. The van der Waals surface area contributed by atoms with E-state index in [1.807, 2.05) is 6.92 Å². The van der Waals surface area contributed by atoms with Crippen molar-refractivity contribution in [1.29, 1.82) is 0 Å². The van der Waals surface area contributed by atoms with Gasteiger partial charge >= 0.3 is 5.97 Å². The lowest BCUT2D eigenvalue weighted by Gasteiger charge is -2.46. The van der Waals surface area contributed by atoms with E-state index in [-0.39, 0.29) is 17.9 Å². The molecule has 0 saturated carbocycles. The number of aromatic nitrogens is 1. The lowest BCUT2D eigenvalue weighted by molar-refractivity contribution is -0.182. The van der Waals surface area contributed by atoms with Crippen molar-refractivity contribution < 1.29 is 19.0 Å². The number of benzene rings is 1. The summed E-state index contributed by atoms with van der Waals surface area (Å²) in [4.78, 5) is 18.9. The molecule has 1 aromatic heterocycles. The van der Waals surface area contributed by atoms with E-state index >= 15 is 0 Å². The maximum atomic E-state index is 12.7. The molecule has 29 heavy (non-hydrogen) atoms. The van der Waals surface area contributed by atoms with E-state index in [9.17, 15) is 4.79 Å². The van der Waals surface area contributed by atoms with E-state index in [0.29, 0.717) is 0 Å². The summed E-state index contributed by atoms with van der Waals surface area (Å²) in [5.74, 6) is -0.793. The highest BCUT2D eigenvalue weighted by atomic mass is 16.7. The number of allylic oxidation sites excluding steroid dienone is 1. The molecule has 0 bridgehead atoms. The molecule has 6 heteroatoms. The number of hydrogen-bond donors (Lipinski definition) is 1. The average molecular weight is 399 g/mol. The molecule has 0 aliphatic carbocycles. The number of esters is 1. The van der Waals surface area contributed by atoms with Crippen molar-refractivity contribution >= 4 is 16.9 Å². The molecular weight excluding hydrogens is 368 g/mol. The zero-order valence-electron chi connectivity index (χ0n) is 17.6. The second-order valence-electron chi connectivity index (χ2n) is 7.89. The van der Waals surface area contributed by atoms with Crippen LogP contribution in [0.25, 0.3) is 10.9 Å². The van der Waals surface area contributed by atoms with Crippen molar-refractivity contribution in [2.24, 2.45) is 11.8 Å². The van der Waals surface area contributed by atoms with Crippen LogP contribution < -0.4 is 0 Å². The van der Waals surface area contributed by atoms with Crippen LogP contribution in [0.3, 0.4) is 0 Å². The second kappa shape index (κ2) is 8.30. The molecule has 0 radical (unpaired) electrons. The molecule has 4 rings (SSSR count). The van der Waals surface area contributed by atoms with Crippen molar-refractivity contribution in [3.63, 3.8) is 0 Å². The van der Waals surface area contributed by atoms with Crippen LogP contribution in [-0.2, 0) is 25.4 Å². The van der Waals surface area contributed by atoms with Gasteiger partial charge in [0.15, 0.2) is 6.29 Å². The van der Waals surface area contributed by atoms with Gasteiger partial charge in [0.1, 0.15) is 5.92 Å². The van der Waals surface area contributed by atoms with Crippen LogP contribution in [0, 0.1) is 11.8 Å². The van der Waals surface area contributed by atoms with E-state index in [1.54, 1.807) is 14.2 Å². The van der Waals surface area contributed by atoms with Crippen LogP contribution in [0.5, 0.6) is 0 Å². The van der Waals surface area contributed by atoms with Gasteiger partial charge in [-0.2, -0.15) is 0 Å². The van der Waals surface area contributed by atoms with Gasteiger partial charge in [0, 0.05) is 49.8 Å². The Labute approximate surface area is 171 Å². The molecule has 1 aromatic carbocycles. The van der Waals surface area contributed by atoms with Crippen LogP contribution in [0.4, 0.5) is 0 Å². The third-order valence-electron chi connectivity index (χ3n) is 6.64. The van der Waals surface area contributed by atoms with Gasteiger partial charge in [-0.15, -0.1) is 0 Å². The van der Waals surface area contributed by atoms with Crippen LogP contribution >= 0.6 is 0 Å². The smallest absolute Gasteiger partial charge is 0.314 e. The third-order valence-corrected chi connectivity index (χ3v) is 6.64. The fraction of sp³-hybridized carbons (Fsp3) is 0.522. The highest BCUT2D eigenvalue weighted by molar-refractivity contribution is 5.85. The number of nitrogens with one attached hydrogen (secondary N) is 1. The van der Waals surface area contributed by atoms with Gasteiger partial charge in [-0.25, -0.2) is 0 Å². The summed E-state index contributed by atoms with van der Waals surface area (Å²) in [5.41, 5.74) is 5.13. The van der Waals surface area contributed by atoms with E-state index in [4.69, 9.17) is 14.2 Å². The number of para-hydroxylation sites is 1. The molecule has 2 aliphatic heterocycles. The van der Waals surface area contributed by atoms with Gasteiger partial charge in [-0.05, 0) is 31.4 Å². The molecule has 1 unspecified atom stereocenters. The van der Waals surface area contributed by atoms with Crippen LogP contribution in [0.2, 0.25) is 0 Å². The Morgan fingerprint density at radius 1 is 1.24 bits per heavy atom. The van der Waals surface area contributed by atoms with Crippen molar-refractivity contribution in [2.45, 2.75) is 32.1 Å². The molecule has 3 heterocycles. The van der Waals surface area contributed by atoms with Gasteiger partial charge in [0.25, 0.3) is 0 Å². The summed E-state index contributed by atoms with van der Waals surface area (Å²) in [6.45, 7) is 3.91. The van der Waals surface area contributed by atoms with Crippen LogP contribution in [0.1, 0.15) is 30.6 Å². The quantitative estimate of drug-likeness (QED) is 0.475. The number of H-pyrrole nitrogens is 1. The third kappa shape index (κ3) is 3.39. The molecule has 3 atom stereocenters. The Morgan fingerprint density at radius 2 is 2.00 bits per heavy atom. The monoisotopic (exact) mass is 398 g/mol. The normalized spacial score (nSPS) is 24.5. The predicted octanol–water partition coefficient (Wildman–Crippen LogP) is 3.44. The summed E-state index contributed by atoms with van der Waals surface area (Å²) in [5, 5.41) is 1.31. The zero-order valence-corrected chi connectivity index (χ0v) is 17.6. The summed E-state index contributed by atoms with van der Waals surface area (Å²) in [6, 6.07) is 8.74. The Bertz CT molecular complexity index is 915. The summed E-state index contributed by atoms with van der Waals surface area (Å²) in [6.07, 6.45) is 3.36. The summed E-state index contributed by atoms with van der Waals surface area (Å²) in [7, 11) is 4.58. The molecule has 1 fully saturated rings. The van der Waals surface area contributed by atoms with Crippen molar-refractivity contribution in [1.82, 2.24) is 9.88 Å². The first-order chi connectivity index (χ1) is 14.1. The molecule has 1 saturated heterocycles. The van der Waals surface area contributed by atoms with Crippen molar-refractivity contribution in [3.05, 3.63) is 47.2 Å². The first kappa shape index (κ1) is 20.1. The Hall–Kier alpha value is -2.15. The minimum atomic E-state index is -0.639. The number of piperidine rings is 1. The zero-order chi connectivity index (χ0) is 20.5. The average Bonchev–Trinajstić information content (AvgIpc) is 3.15. The fourth-order valence-corrected chi connectivity index (χ4v) is 5.24. The first-order valence-corrected chi connectivity index (χ1v) is 10.2. The maximum Gasteiger partial charge on any atom is 0.314 e. The molecule has 2 aromatic rings. The van der Waals surface area contributed by atoms with Crippen LogP contribution in [0.15, 0.2) is 35.9 Å². The number of carbonyl (C=O) groups excluding carboxylic acids is 1. The lowest BCUT2D eigenvalue weighted by Crippen LogP contribution is -2.48. The van der Waals surface area contributed by atoms with Gasteiger partial charge in [-0.3, -0.25) is 9.69 Å². The summed E-state index contributed by atoms with van der Waals surface area (Å²) >= 11 is 0. The van der Waals surface area contributed by atoms with Gasteiger partial charge in [0.2, 0.25) is 0 Å². The molecule has 6 nitrogen and oxygen atoms in total. The number of fused-ring (bicyclic) bond motifs is 5. The number of hydrogen-bond acceptors (Lipinski definition) is 5. The summed E-state index contributed by atoms with van der Waals surface area (Å²) < 4.78 is 16.2. The van der Waals surface area contributed by atoms with Crippen LogP contribution in [-0.4, -0.2) is 56.6 Å². The highest BCUT2D eigenvalue weighted by Crippen LogP contribution is 2.45. The number of aromatic amines is 1. The molecule has 0 spiro atoms. The second-order valence-corrected chi connectivity index (χ2v) is 7.89. The molecule has 0 amide bonds. The Morgan fingerprint density at radius 3 is 2.69 bits per heavy atom. The maximum absolute atomic E-state index is 12.7. The van der Waals surface area contributed by atoms with E-state index in [0.717, 1.165) is 25.9 Å². The van der Waals surface area contributed by atoms with Gasteiger partial charge in [-0.1, -0.05) is 29.8 Å². The van der Waals surface area contributed by atoms with Crippen molar-refractivity contribution in [3.8, 4) is 0 Å². The number of carbonyl (C=O) groups is 1. The molecule has 1 N–H and O–H groups in total. The molecule has 2 aliphatic rings. The first-order valence-electron chi connectivity index (χ1n) is 10.2. The predicted molar refractivity (Wildman–Crippen MR) is 111 cm³/mol. The number of rotatable bonds is 5. The minimum absolute atomic E-state index is 0.00374. The standard InChI is InChI=1S/C23H30N2O4/c1-5-14-13-25-11-10-16-15-8-6-7-9-18(15)24-21(16)19(25)12-17(14)20(22(26)27-2)23(28-3)29-4/h5-9,17,19-20,23-24H,10-13H2,1-4H3/b14-5+/t17-,19+,20?/m1/s1. The Balaban J connectivity index is 1.74. The number of ether oxygens (including phenoxy) is 3. The van der Waals surface area contributed by atoms with Gasteiger partial charge in [0.05, 0.1) is 13.2 Å².